The molecule has 1 heterocycles. The Labute approximate surface area is 125 Å². The molecule has 20 heavy (non-hydrogen) atoms. The number of hydrogen-bond acceptors (Lipinski definition) is 2. The molecule has 0 atom stereocenters. The summed E-state index contributed by atoms with van der Waals surface area (Å²) in [4.78, 5) is 12.3. The van der Waals surface area contributed by atoms with Crippen molar-refractivity contribution < 1.29 is 4.79 Å². The number of carbonyl (C=O) groups is 1. The van der Waals surface area contributed by atoms with E-state index in [4.69, 9.17) is 0 Å². The van der Waals surface area contributed by atoms with E-state index in [1.54, 1.807) is 11.8 Å². The van der Waals surface area contributed by atoms with Crippen LogP contribution in [0.15, 0.2) is 36.4 Å². The Morgan fingerprint density at radius 2 is 1.90 bits per heavy atom. The maximum Gasteiger partial charge on any atom is 0.174 e. The molecule has 2 rings (SSSR count). The summed E-state index contributed by atoms with van der Waals surface area (Å²) in [5, 5.41) is 0. The molecule has 0 unspecified atom stereocenters. The van der Waals surface area contributed by atoms with Crippen LogP contribution in [-0.2, 0) is 12.3 Å². The summed E-state index contributed by atoms with van der Waals surface area (Å²) in [6.07, 6.45) is 0. The number of carbonyl (C=O) groups excluding carboxylic acids is 1. The smallest absolute Gasteiger partial charge is 0.174 e. The third-order valence-corrected chi connectivity index (χ3v) is 4.54. The standard InChI is InChI=1S/C17H21NOS/c1-4-18-13(2)10-16(14(18)3)17(19)12-20-11-15-8-6-5-7-9-15/h5-10H,4,11-12H2,1-3H3. The monoisotopic (exact) mass is 287 g/mol. The third-order valence-electron chi connectivity index (χ3n) is 3.53. The highest BCUT2D eigenvalue weighted by molar-refractivity contribution is 7.99. The fourth-order valence-corrected chi connectivity index (χ4v) is 3.35. The summed E-state index contributed by atoms with van der Waals surface area (Å²) in [5.74, 6) is 1.67. The van der Waals surface area contributed by atoms with Gasteiger partial charge in [0.1, 0.15) is 0 Å². The summed E-state index contributed by atoms with van der Waals surface area (Å²) >= 11 is 1.68. The quantitative estimate of drug-likeness (QED) is 0.741. The van der Waals surface area contributed by atoms with Gasteiger partial charge >= 0.3 is 0 Å². The molecular weight excluding hydrogens is 266 g/mol. The molecule has 106 valence electrons. The zero-order valence-corrected chi connectivity index (χ0v) is 13.2. The number of aryl methyl sites for hydroxylation is 1. The van der Waals surface area contributed by atoms with Crippen molar-refractivity contribution >= 4 is 17.5 Å². The topological polar surface area (TPSA) is 22.0 Å². The van der Waals surface area contributed by atoms with Crippen LogP contribution in [-0.4, -0.2) is 16.1 Å². The minimum atomic E-state index is 0.235. The van der Waals surface area contributed by atoms with Crippen molar-refractivity contribution in [2.24, 2.45) is 0 Å². The van der Waals surface area contributed by atoms with E-state index in [9.17, 15) is 4.79 Å². The highest BCUT2D eigenvalue weighted by Crippen LogP contribution is 2.19. The van der Waals surface area contributed by atoms with Crippen LogP contribution in [0.1, 0.15) is 34.2 Å². The van der Waals surface area contributed by atoms with Gasteiger partial charge in [-0.3, -0.25) is 4.79 Å². The molecule has 0 spiro atoms. The second-order valence-corrected chi connectivity index (χ2v) is 5.92. The van der Waals surface area contributed by atoms with Gasteiger partial charge in [-0.05, 0) is 32.4 Å². The predicted molar refractivity (Wildman–Crippen MR) is 86.5 cm³/mol. The zero-order valence-electron chi connectivity index (χ0n) is 12.3. The number of thioether (sulfide) groups is 1. The first-order chi connectivity index (χ1) is 9.63. The van der Waals surface area contributed by atoms with Crippen LogP contribution in [0.2, 0.25) is 0 Å². The minimum absolute atomic E-state index is 0.235. The van der Waals surface area contributed by atoms with Gasteiger partial charge in [0, 0.05) is 29.2 Å². The molecule has 0 amide bonds. The fourth-order valence-electron chi connectivity index (χ4n) is 2.48. The van der Waals surface area contributed by atoms with Gasteiger partial charge < -0.3 is 4.57 Å². The largest absolute Gasteiger partial charge is 0.349 e. The van der Waals surface area contributed by atoms with Crippen molar-refractivity contribution in [2.75, 3.05) is 5.75 Å². The first kappa shape index (κ1) is 14.9. The SMILES string of the molecule is CCn1c(C)cc(C(=O)CSCc2ccccc2)c1C. The molecule has 0 N–H and O–H groups in total. The number of ketones is 1. The zero-order chi connectivity index (χ0) is 14.5. The second-order valence-electron chi connectivity index (χ2n) is 4.93. The Bertz CT molecular complexity index is 587. The summed E-state index contributed by atoms with van der Waals surface area (Å²) in [7, 11) is 0. The number of benzene rings is 1. The van der Waals surface area contributed by atoms with Crippen molar-refractivity contribution in [1.29, 1.82) is 0 Å². The van der Waals surface area contributed by atoms with Crippen LogP contribution in [0.3, 0.4) is 0 Å². The van der Waals surface area contributed by atoms with Gasteiger partial charge in [-0.1, -0.05) is 30.3 Å². The van der Waals surface area contributed by atoms with Gasteiger partial charge in [-0.15, -0.1) is 11.8 Å². The summed E-state index contributed by atoms with van der Waals surface area (Å²) in [6, 6.07) is 12.3. The van der Waals surface area contributed by atoms with Crippen LogP contribution >= 0.6 is 11.8 Å². The Kier molecular flexibility index (Phi) is 5.07. The van der Waals surface area contributed by atoms with Crippen molar-refractivity contribution in [3.8, 4) is 0 Å². The van der Waals surface area contributed by atoms with Crippen LogP contribution in [0, 0.1) is 13.8 Å². The summed E-state index contributed by atoms with van der Waals surface area (Å²) in [6.45, 7) is 7.12. The molecule has 2 aromatic rings. The van der Waals surface area contributed by atoms with E-state index in [0.29, 0.717) is 5.75 Å². The molecule has 0 saturated carbocycles. The number of hydrogen-bond donors (Lipinski definition) is 0. The van der Waals surface area contributed by atoms with Crippen molar-refractivity contribution in [3.05, 3.63) is 58.9 Å². The first-order valence-corrected chi connectivity index (χ1v) is 8.10. The molecule has 3 heteroatoms. The van der Waals surface area contributed by atoms with Gasteiger partial charge in [0.25, 0.3) is 0 Å². The fraction of sp³-hybridized carbons (Fsp3) is 0.353. The second kappa shape index (κ2) is 6.80. The lowest BCUT2D eigenvalue weighted by molar-refractivity contribution is 0.102. The normalized spacial score (nSPS) is 10.8. The van der Waals surface area contributed by atoms with Crippen molar-refractivity contribution in [1.82, 2.24) is 4.57 Å². The highest BCUT2D eigenvalue weighted by atomic mass is 32.2. The lowest BCUT2D eigenvalue weighted by atomic mass is 10.2. The van der Waals surface area contributed by atoms with E-state index in [1.165, 1.54) is 11.3 Å². The highest BCUT2D eigenvalue weighted by Gasteiger charge is 2.14. The predicted octanol–water partition coefficient (Wildman–Crippen LogP) is 4.24. The molecule has 1 aromatic carbocycles. The van der Waals surface area contributed by atoms with Crippen LogP contribution in [0.5, 0.6) is 0 Å². The van der Waals surface area contributed by atoms with Crippen LogP contribution in [0.25, 0.3) is 0 Å². The number of Topliss-reactive ketones (excluding diaryl/α,β-unsaturated/α-hetero) is 1. The van der Waals surface area contributed by atoms with E-state index in [-0.39, 0.29) is 5.78 Å². The lowest BCUT2D eigenvalue weighted by Crippen LogP contribution is -2.06. The van der Waals surface area contributed by atoms with E-state index in [0.717, 1.165) is 23.6 Å². The van der Waals surface area contributed by atoms with Crippen LogP contribution < -0.4 is 0 Å². The van der Waals surface area contributed by atoms with Gasteiger partial charge in [0.2, 0.25) is 0 Å². The Balaban J connectivity index is 1.96. The Morgan fingerprint density at radius 1 is 1.20 bits per heavy atom. The molecule has 0 bridgehead atoms. The van der Waals surface area contributed by atoms with Crippen LogP contribution in [0.4, 0.5) is 0 Å². The molecule has 0 saturated heterocycles. The lowest BCUT2D eigenvalue weighted by Gasteiger charge is -2.05. The van der Waals surface area contributed by atoms with Crippen molar-refractivity contribution in [3.63, 3.8) is 0 Å². The number of nitrogens with zero attached hydrogens (tertiary/aromatic N) is 1. The van der Waals surface area contributed by atoms with Gasteiger partial charge in [0.15, 0.2) is 5.78 Å². The Hall–Kier alpha value is -1.48. The molecule has 0 aliphatic carbocycles. The van der Waals surface area contributed by atoms with Gasteiger partial charge in [0.05, 0.1) is 5.75 Å². The average Bonchev–Trinajstić information content (AvgIpc) is 2.74. The van der Waals surface area contributed by atoms with E-state index in [2.05, 4.69) is 30.5 Å². The molecule has 0 radical (unpaired) electrons. The van der Waals surface area contributed by atoms with Crippen molar-refractivity contribution in [2.45, 2.75) is 33.1 Å². The molecule has 2 nitrogen and oxygen atoms in total. The summed E-state index contributed by atoms with van der Waals surface area (Å²) in [5.41, 5.74) is 4.41. The molecule has 0 fully saturated rings. The molecule has 0 aliphatic rings. The minimum Gasteiger partial charge on any atom is -0.349 e. The average molecular weight is 287 g/mol. The third kappa shape index (κ3) is 3.34. The molecule has 1 aromatic heterocycles. The first-order valence-electron chi connectivity index (χ1n) is 6.95. The molecular formula is C17H21NOS. The molecule has 0 aliphatic heterocycles. The maximum absolute atomic E-state index is 12.3. The number of aromatic nitrogens is 1. The van der Waals surface area contributed by atoms with E-state index in [1.807, 2.05) is 31.2 Å². The Morgan fingerprint density at radius 3 is 2.50 bits per heavy atom. The maximum atomic E-state index is 12.3. The van der Waals surface area contributed by atoms with Gasteiger partial charge in [-0.2, -0.15) is 0 Å². The van der Waals surface area contributed by atoms with E-state index < -0.39 is 0 Å². The number of rotatable bonds is 6. The van der Waals surface area contributed by atoms with E-state index >= 15 is 0 Å². The van der Waals surface area contributed by atoms with Gasteiger partial charge in [-0.25, -0.2) is 0 Å². The summed E-state index contributed by atoms with van der Waals surface area (Å²) < 4.78 is 2.19.